The minimum Gasteiger partial charge on any atom is -0.342 e. The number of rotatable bonds is 10. The number of nitrogens with zero attached hydrogens (tertiary/aromatic N) is 2. The van der Waals surface area contributed by atoms with E-state index < -0.39 is 51.8 Å². The Hall–Kier alpha value is -3.66. The number of benzene rings is 2. The van der Waals surface area contributed by atoms with Gasteiger partial charge in [-0.2, -0.15) is 0 Å². The van der Waals surface area contributed by atoms with E-state index in [1.807, 2.05) is 44.2 Å². The SMILES string of the molecule is CC(C)CC1(CC(=O)NO)C(=O)N(CCc2ccccc2)CC1CCN1C(=O)c2c(F)ccc(F)c2C1=O. The number of hydroxylamine groups is 1. The van der Waals surface area contributed by atoms with E-state index in [4.69, 9.17) is 0 Å². The molecule has 2 heterocycles. The number of imide groups is 1. The molecule has 0 bridgehead atoms. The molecule has 2 aliphatic heterocycles. The van der Waals surface area contributed by atoms with Crippen LogP contribution < -0.4 is 5.48 Å². The first-order chi connectivity index (χ1) is 18.1. The van der Waals surface area contributed by atoms with Gasteiger partial charge in [0, 0.05) is 26.1 Å². The summed E-state index contributed by atoms with van der Waals surface area (Å²) in [6, 6.07) is 11.3. The van der Waals surface area contributed by atoms with Gasteiger partial charge in [0.25, 0.3) is 11.8 Å². The summed E-state index contributed by atoms with van der Waals surface area (Å²) in [5.74, 6) is -5.16. The summed E-state index contributed by atoms with van der Waals surface area (Å²) in [7, 11) is 0. The molecule has 202 valence electrons. The van der Waals surface area contributed by atoms with Crippen LogP contribution in [-0.2, 0) is 16.0 Å². The molecule has 10 heteroatoms. The molecule has 0 saturated carbocycles. The molecule has 4 amide bonds. The lowest BCUT2D eigenvalue weighted by Crippen LogP contribution is -2.43. The van der Waals surface area contributed by atoms with Gasteiger partial charge in [-0.15, -0.1) is 0 Å². The van der Waals surface area contributed by atoms with Gasteiger partial charge in [-0.1, -0.05) is 44.2 Å². The largest absolute Gasteiger partial charge is 0.342 e. The van der Waals surface area contributed by atoms with Crippen molar-refractivity contribution < 1.29 is 33.2 Å². The summed E-state index contributed by atoms with van der Waals surface area (Å²) >= 11 is 0. The second kappa shape index (κ2) is 11.0. The number of hydrogen-bond donors (Lipinski definition) is 2. The van der Waals surface area contributed by atoms with Crippen molar-refractivity contribution in [3.63, 3.8) is 0 Å². The standard InChI is InChI=1S/C28H31F2N3O5/c1-17(2)14-28(15-22(34)31-38)19(16-32(27(28)37)12-10-18-6-4-3-5-7-18)11-13-33-25(35)23-20(29)8-9-21(30)24(23)26(33)36/h3-9,17,19,38H,10-16H2,1-2H3,(H,31,34). The Bertz CT molecular complexity index is 1210. The van der Waals surface area contributed by atoms with E-state index in [1.54, 1.807) is 10.4 Å². The number of amides is 4. The lowest BCUT2D eigenvalue weighted by molar-refractivity contribution is -0.144. The summed E-state index contributed by atoms with van der Waals surface area (Å²) in [6.07, 6.45) is 0.823. The maximum absolute atomic E-state index is 14.3. The molecule has 2 aliphatic rings. The first-order valence-corrected chi connectivity index (χ1v) is 12.7. The molecule has 0 aliphatic carbocycles. The summed E-state index contributed by atoms with van der Waals surface area (Å²) in [4.78, 5) is 54.5. The molecule has 0 spiro atoms. The fourth-order valence-corrected chi connectivity index (χ4v) is 5.90. The van der Waals surface area contributed by atoms with Gasteiger partial charge in [0.05, 0.1) is 16.5 Å². The minimum atomic E-state index is -1.17. The molecule has 38 heavy (non-hydrogen) atoms. The fraction of sp³-hybridized carbons (Fsp3) is 0.429. The highest BCUT2D eigenvalue weighted by Gasteiger charge is 2.55. The first kappa shape index (κ1) is 27.4. The van der Waals surface area contributed by atoms with Gasteiger partial charge >= 0.3 is 0 Å². The molecule has 2 aromatic carbocycles. The second-order valence-corrected chi connectivity index (χ2v) is 10.5. The van der Waals surface area contributed by atoms with Crippen LogP contribution in [0.25, 0.3) is 0 Å². The van der Waals surface area contributed by atoms with Crippen LogP contribution in [0, 0.1) is 28.9 Å². The van der Waals surface area contributed by atoms with Crippen LogP contribution in [0.2, 0.25) is 0 Å². The van der Waals surface area contributed by atoms with Gasteiger partial charge in [0.1, 0.15) is 11.6 Å². The average molecular weight is 528 g/mol. The molecule has 0 radical (unpaired) electrons. The predicted molar refractivity (Wildman–Crippen MR) is 133 cm³/mol. The maximum atomic E-state index is 14.3. The van der Waals surface area contributed by atoms with Crippen molar-refractivity contribution in [1.29, 1.82) is 0 Å². The maximum Gasteiger partial charge on any atom is 0.264 e. The molecular weight excluding hydrogens is 496 g/mol. The third-order valence-corrected chi connectivity index (χ3v) is 7.54. The van der Waals surface area contributed by atoms with Crippen LogP contribution in [-0.4, -0.2) is 58.3 Å². The Morgan fingerprint density at radius 2 is 1.63 bits per heavy atom. The molecule has 4 rings (SSSR count). The number of carbonyl (C=O) groups excluding carboxylic acids is 4. The van der Waals surface area contributed by atoms with E-state index in [0.717, 1.165) is 22.6 Å². The smallest absolute Gasteiger partial charge is 0.264 e. The zero-order valence-corrected chi connectivity index (χ0v) is 21.4. The topological polar surface area (TPSA) is 107 Å². The highest BCUT2D eigenvalue weighted by molar-refractivity contribution is 6.21. The van der Waals surface area contributed by atoms with E-state index >= 15 is 0 Å². The van der Waals surface area contributed by atoms with Crippen LogP contribution in [0.15, 0.2) is 42.5 Å². The third-order valence-electron chi connectivity index (χ3n) is 7.54. The number of carbonyl (C=O) groups is 4. The van der Waals surface area contributed by atoms with Gasteiger partial charge in [0.2, 0.25) is 11.8 Å². The molecule has 1 saturated heterocycles. The molecule has 2 N–H and O–H groups in total. The zero-order valence-electron chi connectivity index (χ0n) is 21.4. The Balaban J connectivity index is 1.60. The lowest BCUT2D eigenvalue weighted by atomic mass is 9.68. The van der Waals surface area contributed by atoms with E-state index in [2.05, 4.69) is 0 Å². The summed E-state index contributed by atoms with van der Waals surface area (Å²) in [5, 5.41) is 9.27. The molecule has 2 unspecified atom stereocenters. The number of halogens is 2. The fourth-order valence-electron chi connectivity index (χ4n) is 5.90. The molecule has 1 fully saturated rings. The number of fused-ring (bicyclic) bond motifs is 1. The van der Waals surface area contributed by atoms with E-state index in [0.29, 0.717) is 19.4 Å². The lowest BCUT2D eigenvalue weighted by Gasteiger charge is -2.34. The minimum absolute atomic E-state index is 0.0181. The van der Waals surface area contributed by atoms with Gasteiger partial charge in [-0.05, 0) is 48.8 Å². The van der Waals surface area contributed by atoms with Crippen molar-refractivity contribution in [2.24, 2.45) is 17.3 Å². The molecule has 8 nitrogen and oxygen atoms in total. The second-order valence-electron chi connectivity index (χ2n) is 10.5. The van der Waals surface area contributed by atoms with E-state index in [9.17, 15) is 33.2 Å². The first-order valence-electron chi connectivity index (χ1n) is 12.7. The third kappa shape index (κ3) is 5.05. The van der Waals surface area contributed by atoms with Crippen molar-refractivity contribution in [3.8, 4) is 0 Å². The van der Waals surface area contributed by atoms with Crippen molar-refractivity contribution in [2.45, 2.75) is 39.5 Å². The Kier molecular flexibility index (Phi) is 7.91. The highest BCUT2D eigenvalue weighted by atomic mass is 19.1. The van der Waals surface area contributed by atoms with Crippen LogP contribution in [0.4, 0.5) is 8.78 Å². The average Bonchev–Trinajstić information content (AvgIpc) is 3.29. The van der Waals surface area contributed by atoms with Gasteiger partial charge < -0.3 is 4.90 Å². The van der Waals surface area contributed by atoms with Gasteiger partial charge in [-0.25, -0.2) is 14.3 Å². The number of nitrogens with one attached hydrogen (secondary N) is 1. The Morgan fingerprint density at radius 3 is 2.18 bits per heavy atom. The highest BCUT2D eigenvalue weighted by Crippen LogP contribution is 2.47. The molecule has 2 atom stereocenters. The summed E-state index contributed by atoms with van der Waals surface area (Å²) in [6.45, 7) is 4.36. The Labute approximate surface area is 219 Å². The van der Waals surface area contributed by atoms with E-state index in [-0.39, 0.29) is 37.8 Å². The van der Waals surface area contributed by atoms with Crippen LogP contribution in [0.5, 0.6) is 0 Å². The summed E-state index contributed by atoms with van der Waals surface area (Å²) < 4.78 is 28.6. The quantitative estimate of drug-likeness (QED) is 0.279. The zero-order chi connectivity index (χ0) is 27.6. The van der Waals surface area contributed by atoms with E-state index in [1.165, 1.54) is 0 Å². The predicted octanol–water partition coefficient (Wildman–Crippen LogP) is 3.58. The number of likely N-dealkylation sites (tertiary alicyclic amines) is 1. The van der Waals surface area contributed by atoms with Crippen LogP contribution in [0.1, 0.15) is 59.4 Å². The molecular formula is C28H31F2N3O5. The van der Waals surface area contributed by atoms with Crippen molar-refractivity contribution >= 4 is 23.6 Å². The van der Waals surface area contributed by atoms with Crippen molar-refractivity contribution in [1.82, 2.24) is 15.3 Å². The van der Waals surface area contributed by atoms with Crippen LogP contribution in [0.3, 0.4) is 0 Å². The summed E-state index contributed by atoms with van der Waals surface area (Å²) in [5.41, 5.74) is 0.321. The number of hydrogen-bond acceptors (Lipinski definition) is 5. The molecule has 0 aromatic heterocycles. The van der Waals surface area contributed by atoms with Crippen molar-refractivity contribution in [3.05, 3.63) is 70.8 Å². The van der Waals surface area contributed by atoms with Gasteiger partial charge in [0.15, 0.2) is 0 Å². The van der Waals surface area contributed by atoms with Gasteiger partial charge in [-0.3, -0.25) is 29.3 Å². The molecule has 2 aromatic rings. The monoisotopic (exact) mass is 527 g/mol. The Morgan fingerprint density at radius 1 is 1.03 bits per heavy atom. The normalized spacial score (nSPS) is 21.0. The van der Waals surface area contributed by atoms with Crippen LogP contribution >= 0.6 is 0 Å². The van der Waals surface area contributed by atoms with Crippen molar-refractivity contribution in [2.75, 3.05) is 19.6 Å².